The molecular formula is C19H33ClIN5O. The van der Waals surface area contributed by atoms with Crippen molar-refractivity contribution in [2.45, 2.75) is 6.42 Å². The minimum atomic E-state index is 0. The van der Waals surface area contributed by atoms with Gasteiger partial charge in [0.25, 0.3) is 0 Å². The van der Waals surface area contributed by atoms with Gasteiger partial charge in [-0.05, 0) is 38.2 Å². The number of nitrogens with one attached hydrogen (secondary N) is 1. The van der Waals surface area contributed by atoms with Crippen LogP contribution < -0.4 is 10.2 Å². The molecule has 2 rings (SSSR count). The lowest BCUT2D eigenvalue weighted by atomic mass is 10.2. The summed E-state index contributed by atoms with van der Waals surface area (Å²) >= 11 is 6.11. The van der Waals surface area contributed by atoms with E-state index in [-0.39, 0.29) is 24.0 Å². The Bertz CT molecular complexity index is 567. The number of hydrogen-bond donors (Lipinski definition) is 1. The van der Waals surface area contributed by atoms with Crippen LogP contribution in [0.15, 0.2) is 29.3 Å². The number of hydrogen-bond acceptors (Lipinski definition) is 4. The molecule has 1 N–H and O–H groups in total. The van der Waals surface area contributed by atoms with E-state index in [2.05, 4.69) is 38.1 Å². The fraction of sp³-hybridized carbons (Fsp3) is 0.632. The number of halogens is 2. The van der Waals surface area contributed by atoms with Crippen LogP contribution in [0.1, 0.15) is 6.42 Å². The van der Waals surface area contributed by atoms with Crippen LogP contribution in [0.2, 0.25) is 5.02 Å². The van der Waals surface area contributed by atoms with Crippen molar-refractivity contribution in [1.29, 1.82) is 0 Å². The zero-order chi connectivity index (χ0) is 18.8. The molecule has 0 aliphatic carbocycles. The molecule has 1 aromatic rings. The van der Waals surface area contributed by atoms with Crippen LogP contribution >= 0.6 is 35.6 Å². The highest BCUT2D eigenvalue weighted by Gasteiger charge is 2.19. The lowest BCUT2D eigenvalue weighted by Crippen LogP contribution is -2.52. The van der Waals surface area contributed by atoms with Crippen molar-refractivity contribution in [3.63, 3.8) is 0 Å². The molecule has 0 unspecified atom stereocenters. The second-order valence-electron chi connectivity index (χ2n) is 6.58. The van der Waals surface area contributed by atoms with E-state index < -0.39 is 0 Å². The monoisotopic (exact) mass is 509 g/mol. The molecule has 0 aromatic heterocycles. The first-order valence-corrected chi connectivity index (χ1v) is 9.65. The number of likely N-dealkylation sites (N-methyl/N-ethyl adjacent to an activating group) is 1. The molecule has 0 saturated carbocycles. The number of benzene rings is 1. The van der Waals surface area contributed by atoms with Gasteiger partial charge in [-0.2, -0.15) is 0 Å². The molecule has 0 radical (unpaired) electrons. The zero-order valence-electron chi connectivity index (χ0n) is 16.7. The topological polar surface area (TPSA) is 43.3 Å². The number of anilines is 1. The SMILES string of the molecule is CN=C(NCCCN(C)CCOC)N1CCN(c2cccc(Cl)c2)CC1.I. The Morgan fingerprint density at radius 3 is 2.63 bits per heavy atom. The Kier molecular flexibility index (Phi) is 12.1. The van der Waals surface area contributed by atoms with E-state index >= 15 is 0 Å². The van der Waals surface area contributed by atoms with Gasteiger partial charge in [0, 0.05) is 64.1 Å². The molecule has 0 atom stereocenters. The zero-order valence-corrected chi connectivity index (χ0v) is 19.7. The minimum absolute atomic E-state index is 0. The van der Waals surface area contributed by atoms with Crippen LogP contribution in [0.4, 0.5) is 5.69 Å². The first kappa shape index (κ1) is 24.3. The number of ether oxygens (including phenoxy) is 1. The molecular weight excluding hydrogens is 477 g/mol. The van der Waals surface area contributed by atoms with E-state index in [0.717, 1.165) is 69.8 Å². The molecule has 154 valence electrons. The van der Waals surface area contributed by atoms with Crippen molar-refractivity contribution >= 4 is 47.2 Å². The summed E-state index contributed by atoms with van der Waals surface area (Å²) in [4.78, 5) is 11.4. The highest BCUT2D eigenvalue weighted by Crippen LogP contribution is 2.20. The van der Waals surface area contributed by atoms with Crippen molar-refractivity contribution in [1.82, 2.24) is 15.1 Å². The maximum Gasteiger partial charge on any atom is 0.193 e. The van der Waals surface area contributed by atoms with Gasteiger partial charge >= 0.3 is 0 Å². The molecule has 8 heteroatoms. The molecule has 1 aliphatic rings. The summed E-state index contributed by atoms with van der Waals surface area (Å²) in [6.07, 6.45) is 1.09. The van der Waals surface area contributed by atoms with Crippen LogP contribution in [0.25, 0.3) is 0 Å². The van der Waals surface area contributed by atoms with E-state index in [1.54, 1.807) is 7.11 Å². The summed E-state index contributed by atoms with van der Waals surface area (Å²) < 4.78 is 5.11. The Morgan fingerprint density at radius 1 is 1.26 bits per heavy atom. The number of guanidine groups is 1. The average molecular weight is 510 g/mol. The molecule has 6 nitrogen and oxygen atoms in total. The van der Waals surface area contributed by atoms with Crippen LogP contribution in [0.3, 0.4) is 0 Å². The van der Waals surface area contributed by atoms with Crippen molar-refractivity contribution in [3.05, 3.63) is 29.3 Å². The first-order valence-electron chi connectivity index (χ1n) is 9.27. The Labute approximate surface area is 185 Å². The third kappa shape index (κ3) is 8.41. The maximum atomic E-state index is 6.11. The van der Waals surface area contributed by atoms with Gasteiger partial charge in [-0.15, -0.1) is 24.0 Å². The van der Waals surface area contributed by atoms with Gasteiger partial charge in [-0.1, -0.05) is 17.7 Å². The van der Waals surface area contributed by atoms with Gasteiger partial charge in [0.05, 0.1) is 6.61 Å². The van der Waals surface area contributed by atoms with E-state index in [0.29, 0.717) is 0 Å². The standard InChI is InChI=1S/C19H32ClN5O.HI/c1-21-19(22-8-5-9-23(2)14-15-26-3)25-12-10-24(11-13-25)18-7-4-6-17(20)16-18;/h4,6-7,16H,5,8-15H2,1-3H3,(H,21,22);1H. The van der Waals surface area contributed by atoms with E-state index in [1.165, 1.54) is 5.69 Å². The van der Waals surface area contributed by atoms with Crippen LogP contribution in [-0.2, 0) is 4.74 Å². The molecule has 1 aromatic carbocycles. The molecule has 0 amide bonds. The van der Waals surface area contributed by atoms with Crippen LogP contribution in [-0.4, -0.2) is 89.4 Å². The second kappa shape index (κ2) is 13.4. The largest absolute Gasteiger partial charge is 0.383 e. The summed E-state index contributed by atoms with van der Waals surface area (Å²) in [5.74, 6) is 0.996. The Hall–Kier alpha value is -0.770. The maximum absolute atomic E-state index is 6.11. The predicted octanol–water partition coefficient (Wildman–Crippen LogP) is 2.62. The molecule has 27 heavy (non-hydrogen) atoms. The van der Waals surface area contributed by atoms with Crippen LogP contribution in [0, 0.1) is 0 Å². The number of nitrogens with zero attached hydrogens (tertiary/aromatic N) is 4. The minimum Gasteiger partial charge on any atom is -0.383 e. The molecule has 1 aliphatic heterocycles. The predicted molar refractivity (Wildman–Crippen MR) is 126 cm³/mol. The average Bonchev–Trinajstić information content (AvgIpc) is 2.66. The lowest BCUT2D eigenvalue weighted by molar-refractivity contribution is 0.161. The van der Waals surface area contributed by atoms with Crippen molar-refractivity contribution in [2.24, 2.45) is 4.99 Å². The van der Waals surface area contributed by atoms with Crippen molar-refractivity contribution in [3.8, 4) is 0 Å². The molecule has 1 saturated heterocycles. The highest BCUT2D eigenvalue weighted by molar-refractivity contribution is 14.0. The van der Waals surface area contributed by atoms with Crippen molar-refractivity contribution in [2.75, 3.05) is 78.5 Å². The van der Waals surface area contributed by atoms with E-state index in [4.69, 9.17) is 16.3 Å². The fourth-order valence-corrected chi connectivity index (χ4v) is 3.27. The summed E-state index contributed by atoms with van der Waals surface area (Å²) in [5.41, 5.74) is 1.19. The van der Waals surface area contributed by atoms with Gasteiger partial charge in [-0.25, -0.2) is 0 Å². The Balaban J connectivity index is 0.00000364. The number of aliphatic imine (C=N–C) groups is 1. The van der Waals surface area contributed by atoms with E-state index in [9.17, 15) is 0 Å². The summed E-state index contributed by atoms with van der Waals surface area (Å²) in [7, 11) is 5.73. The van der Waals surface area contributed by atoms with Gasteiger partial charge in [0.1, 0.15) is 0 Å². The normalized spacial score (nSPS) is 15.1. The molecule has 0 bridgehead atoms. The fourth-order valence-electron chi connectivity index (χ4n) is 3.09. The Morgan fingerprint density at radius 2 is 2.00 bits per heavy atom. The molecule has 1 fully saturated rings. The summed E-state index contributed by atoms with van der Waals surface area (Å²) in [6.45, 7) is 7.59. The lowest BCUT2D eigenvalue weighted by Gasteiger charge is -2.37. The second-order valence-corrected chi connectivity index (χ2v) is 7.01. The van der Waals surface area contributed by atoms with Gasteiger partial charge in [-0.3, -0.25) is 4.99 Å². The quantitative estimate of drug-likeness (QED) is 0.253. The molecule has 1 heterocycles. The smallest absolute Gasteiger partial charge is 0.193 e. The number of rotatable bonds is 8. The summed E-state index contributed by atoms with van der Waals surface area (Å²) in [5, 5.41) is 4.28. The van der Waals surface area contributed by atoms with Crippen molar-refractivity contribution < 1.29 is 4.74 Å². The summed E-state index contributed by atoms with van der Waals surface area (Å²) in [6, 6.07) is 8.08. The van der Waals surface area contributed by atoms with Crippen LogP contribution in [0.5, 0.6) is 0 Å². The highest BCUT2D eigenvalue weighted by atomic mass is 127. The third-order valence-electron chi connectivity index (χ3n) is 4.64. The number of piperazine rings is 1. The number of methoxy groups -OCH3 is 1. The van der Waals surface area contributed by atoms with Gasteiger partial charge in [0.2, 0.25) is 0 Å². The van der Waals surface area contributed by atoms with Gasteiger partial charge < -0.3 is 24.8 Å². The third-order valence-corrected chi connectivity index (χ3v) is 4.88. The van der Waals surface area contributed by atoms with Gasteiger partial charge in [0.15, 0.2) is 5.96 Å². The molecule has 0 spiro atoms. The van der Waals surface area contributed by atoms with E-state index in [1.807, 2.05) is 25.2 Å². The first-order chi connectivity index (χ1) is 12.6.